The van der Waals surface area contributed by atoms with Gasteiger partial charge in [0.05, 0.1) is 38.6 Å². The Morgan fingerprint density at radius 3 is 1.24 bits per heavy atom. The Hall–Kier alpha value is -2.51. The number of carbonyl (C=O) groups is 1. The molecule has 0 saturated carbocycles. The molecule has 86 heavy (non-hydrogen) atoms. The molecule has 3 saturated heterocycles. The number of aliphatic hydroxyl groups excluding tert-OH is 11. The van der Waals surface area contributed by atoms with Gasteiger partial charge in [0.1, 0.15) is 73.2 Å². The lowest BCUT2D eigenvalue weighted by molar-refractivity contribution is -0.379. The second-order valence-corrected chi connectivity index (χ2v) is 23.9. The molecule has 500 valence electrons. The van der Waals surface area contributed by atoms with Gasteiger partial charge in [-0.25, -0.2) is 0 Å². The molecule has 0 bridgehead atoms. The standard InChI is InChI=1S/C67H119NO18/c1-3-5-7-9-11-13-15-17-18-19-20-21-22-23-24-25-26-27-28-29-30-31-32-33-35-37-39-41-43-45-55(73)68-50(51(72)44-42-40-38-36-34-16-14-12-10-8-6-4-2)49-81-65-61(79)58(76)63(53(47-70)83-65)86-67-62(80)59(77)64(54(48-71)84-67)85-66-60(78)57(75)56(74)52(46-69)82-66/h15,17,19-20,22-23,34,36,42,44,50-54,56-67,69-72,74-80H,3-14,16,18,21,24-33,35,37-41,43,45-49H2,1-2H3,(H,68,73)/b17-15-,20-19-,23-22-,36-34+,44-42+. The number of carbonyl (C=O) groups excluding carboxylic acids is 1. The predicted octanol–water partition coefficient (Wildman–Crippen LogP) is 7.99. The van der Waals surface area contributed by atoms with Crippen molar-refractivity contribution in [1.29, 1.82) is 0 Å². The molecule has 3 heterocycles. The minimum atomic E-state index is -1.98. The SMILES string of the molecule is CCCCCCC/C=C\C/C=C\C/C=C\CCCCCCCCCCCCCCCCC(=O)NC(COC1OC(CO)C(OC2OC(CO)C(OC3OC(CO)C(O)C(O)C3O)C(O)C2O)C(O)C1O)C(O)/C=C/CC/C=C/CCCCCCCC. The predicted molar refractivity (Wildman–Crippen MR) is 332 cm³/mol. The van der Waals surface area contributed by atoms with Crippen molar-refractivity contribution in [1.82, 2.24) is 5.32 Å². The molecular formula is C67H119NO18. The summed E-state index contributed by atoms with van der Waals surface area (Å²) >= 11 is 0. The number of aliphatic hydroxyl groups is 11. The Morgan fingerprint density at radius 2 is 0.779 bits per heavy atom. The zero-order valence-corrected chi connectivity index (χ0v) is 52.5. The van der Waals surface area contributed by atoms with Crippen molar-refractivity contribution in [3.05, 3.63) is 60.8 Å². The second-order valence-electron chi connectivity index (χ2n) is 23.9. The van der Waals surface area contributed by atoms with Gasteiger partial charge in [-0.3, -0.25) is 4.79 Å². The molecule has 17 atom stereocenters. The quantitative estimate of drug-likeness (QED) is 0.0203. The molecule has 19 heteroatoms. The van der Waals surface area contributed by atoms with Crippen LogP contribution in [0.2, 0.25) is 0 Å². The van der Waals surface area contributed by atoms with Crippen molar-refractivity contribution in [3.63, 3.8) is 0 Å². The molecule has 19 nitrogen and oxygen atoms in total. The molecular weight excluding hydrogens is 1110 g/mol. The van der Waals surface area contributed by atoms with Crippen molar-refractivity contribution in [2.45, 2.75) is 330 Å². The lowest BCUT2D eigenvalue weighted by Crippen LogP contribution is -2.66. The largest absolute Gasteiger partial charge is 0.394 e. The van der Waals surface area contributed by atoms with E-state index < -0.39 is 124 Å². The average molecular weight is 1230 g/mol. The first-order valence-corrected chi connectivity index (χ1v) is 33.5. The van der Waals surface area contributed by atoms with E-state index in [0.717, 1.165) is 51.4 Å². The number of ether oxygens (including phenoxy) is 6. The van der Waals surface area contributed by atoms with Crippen LogP contribution in [-0.2, 0) is 33.2 Å². The van der Waals surface area contributed by atoms with Gasteiger partial charge >= 0.3 is 0 Å². The lowest BCUT2D eigenvalue weighted by atomic mass is 9.96. The number of rotatable bonds is 50. The average Bonchev–Trinajstić information content (AvgIpc) is 2.62. The van der Waals surface area contributed by atoms with Crippen LogP contribution >= 0.6 is 0 Å². The van der Waals surface area contributed by atoms with E-state index in [2.05, 4.69) is 67.8 Å². The summed E-state index contributed by atoms with van der Waals surface area (Å²) in [5.74, 6) is -0.288. The van der Waals surface area contributed by atoms with Gasteiger partial charge in [0.2, 0.25) is 5.91 Å². The fourth-order valence-corrected chi connectivity index (χ4v) is 11.0. The van der Waals surface area contributed by atoms with Gasteiger partial charge in [-0.2, -0.15) is 0 Å². The van der Waals surface area contributed by atoms with Gasteiger partial charge < -0.3 is 89.9 Å². The fourth-order valence-electron chi connectivity index (χ4n) is 11.0. The first-order valence-electron chi connectivity index (χ1n) is 33.5. The van der Waals surface area contributed by atoms with Gasteiger partial charge in [0.25, 0.3) is 0 Å². The highest BCUT2D eigenvalue weighted by atomic mass is 16.8. The molecule has 0 aromatic heterocycles. The Morgan fingerprint density at radius 1 is 0.419 bits per heavy atom. The summed E-state index contributed by atoms with van der Waals surface area (Å²) in [6.45, 7) is 1.67. The van der Waals surface area contributed by atoms with E-state index >= 15 is 0 Å². The van der Waals surface area contributed by atoms with Gasteiger partial charge in [-0.15, -0.1) is 0 Å². The number of unbranched alkanes of at least 4 members (excludes halogenated alkanes) is 26. The second kappa shape index (κ2) is 49.2. The van der Waals surface area contributed by atoms with Crippen molar-refractivity contribution >= 4 is 5.91 Å². The van der Waals surface area contributed by atoms with Crippen LogP contribution in [0.3, 0.4) is 0 Å². The van der Waals surface area contributed by atoms with Crippen molar-refractivity contribution in [3.8, 4) is 0 Å². The molecule has 17 unspecified atom stereocenters. The molecule has 12 N–H and O–H groups in total. The van der Waals surface area contributed by atoms with Crippen LogP contribution in [0.5, 0.6) is 0 Å². The van der Waals surface area contributed by atoms with Gasteiger partial charge in [0, 0.05) is 6.42 Å². The van der Waals surface area contributed by atoms with Gasteiger partial charge in [0.15, 0.2) is 18.9 Å². The monoisotopic (exact) mass is 1230 g/mol. The molecule has 1 amide bonds. The third-order valence-electron chi connectivity index (χ3n) is 16.5. The highest BCUT2D eigenvalue weighted by Crippen LogP contribution is 2.33. The zero-order valence-electron chi connectivity index (χ0n) is 52.5. The number of hydrogen-bond donors (Lipinski definition) is 12. The summed E-state index contributed by atoms with van der Waals surface area (Å²) in [6, 6.07) is -0.991. The third-order valence-corrected chi connectivity index (χ3v) is 16.5. The van der Waals surface area contributed by atoms with Crippen LogP contribution in [0.25, 0.3) is 0 Å². The van der Waals surface area contributed by atoms with E-state index in [0.29, 0.717) is 12.8 Å². The summed E-state index contributed by atoms with van der Waals surface area (Å²) in [4.78, 5) is 13.4. The maximum atomic E-state index is 13.4. The summed E-state index contributed by atoms with van der Waals surface area (Å²) in [5, 5.41) is 120. The number of hydrogen-bond acceptors (Lipinski definition) is 18. The van der Waals surface area contributed by atoms with Crippen LogP contribution in [-0.4, -0.2) is 193 Å². The van der Waals surface area contributed by atoms with Crippen LogP contribution in [0.1, 0.15) is 226 Å². The minimum Gasteiger partial charge on any atom is -0.394 e. The first-order chi connectivity index (χ1) is 41.8. The maximum absolute atomic E-state index is 13.4. The molecule has 3 rings (SSSR count). The highest BCUT2D eigenvalue weighted by molar-refractivity contribution is 5.76. The molecule has 0 aliphatic carbocycles. The normalized spacial score (nSPS) is 29.2. The Kier molecular flexibility index (Phi) is 44.5. The Bertz CT molecular complexity index is 1800. The number of allylic oxidation sites excluding steroid dienone is 9. The number of amides is 1. The van der Waals surface area contributed by atoms with E-state index in [1.807, 2.05) is 6.08 Å². The summed E-state index contributed by atoms with van der Waals surface area (Å²) < 4.78 is 34.2. The van der Waals surface area contributed by atoms with Crippen LogP contribution in [0.4, 0.5) is 0 Å². The fraction of sp³-hybridized carbons (Fsp3) is 0.836. The molecule has 3 aliphatic heterocycles. The van der Waals surface area contributed by atoms with E-state index in [1.165, 1.54) is 141 Å². The minimum absolute atomic E-state index is 0.233. The summed E-state index contributed by atoms with van der Waals surface area (Å²) in [5.41, 5.74) is 0. The van der Waals surface area contributed by atoms with Crippen LogP contribution in [0.15, 0.2) is 60.8 Å². The number of nitrogens with one attached hydrogen (secondary N) is 1. The summed E-state index contributed by atoms with van der Waals surface area (Å²) in [7, 11) is 0. The topological polar surface area (TPSA) is 307 Å². The maximum Gasteiger partial charge on any atom is 0.220 e. The van der Waals surface area contributed by atoms with E-state index in [1.54, 1.807) is 6.08 Å². The third kappa shape index (κ3) is 31.5. The first kappa shape index (κ1) is 77.7. The van der Waals surface area contributed by atoms with E-state index in [4.69, 9.17) is 28.4 Å². The highest BCUT2D eigenvalue weighted by Gasteiger charge is 2.53. The molecule has 0 radical (unpaired) electrons. The Labute approximate surface area is 515 Å². The molecule has 0 aromatic rings. The smallest absolute Gasteiger partial charge is 0.220 e. The molecule has 3 aliphatic rings. The zero-order chi connectivity index (χ0) is 62.6. The molecule has 3 fully saturated rings. The van der Waals surface area contributed by atoms with Crippen molar-refractivity contribution in [2.24, 2.45) is 0 Å². The van der Waals surface area contributed by atoms with Crippen molar-refractivity contribution in [2.75, 3.05) is 26.4 Å². The van der Waals surface area contributed by atoms with Crippen molar-refractivity contribution < 1.29 is 89.4 Å². The van der Waals surface area contributed by atoms with Gasteiger partial charge in [-0.05, 0) is 70.6 Å². The van der Waals surface area contributed by atoms with Gasteiger partial charge in [-0.1, -0.05) is 209 Å². The molecule has 0 aromatic carbocycles. The van der Waals surface area contributed by atoms with E-state index in [-0.39, 0.29) is 18.9 Å². The molecule has 0 spiro atoms. The Balaban J connectivity index is 1.40. The van der Waals surface area contributed by atoms with E-state index in [9.17, 15) is 61.0 Å². The summed E-state index contributed by atoms with van der Waals surface area (Å²) in [6.07, 6.45) is 32.2. The van der Waals surface area contributed by atoms with Crippen LogP contribution < -0.4 is 5.32 Å². The van der Waals surface area contributed by atoms with Crippen LogP contribution in [0, 0.1) is 0 Å². The lowest BCUT2D eigenvalue weighted by Gasteiger charge is -2.48.